The second-order valence-corrected chi connectivity index (χ2v) is 12.8. The Morgan fingerprint density at radius 2 is 1.08 bits per heavy atom. The highest BCUT2D eigenvalue weighted by atomic mass is 15.0. The monoisotopic (exact) mass is 622 g/mol. The van der Waals surface area contributed by atoms with Gasteiger partial charge in [0.1, 0.15) is 0 Å². The van der Waals surface area contributed by atoms with Crippen LogP contribution >= 0.6 is 0 Å². The highest BCUT2D eigenvalue weighted by Crippen LogP contribution is 2.40. The number of benzene rings is 8. The van der Waals surface area contributed by atoms with Crippen LogP contribution in [0.15, 0.2) is 182 Å². The van der Waals surface area contributed by atoms with E-state index in [1.54, 1.807) is 0 Å². The first-order valence-electron chi connectivity index (χ1n) is 16.8. The van der Waals surface area contributed by atoms with Gasteiger partial charge in [-0.15, -0.1) is 0 Å². The molecule has 2 heteroatoms. The molecular weight excluding hydrogens is 593 g/mol. The third kappa shape index (κ3) is 4.53. The topological polar surface area (TPSA) is 17.8 Å². The van der Waals surface area contributed by atoms with Crippen molar-refractivity contribution in [3.8, 4) is 39.2 Å². The van der Waals surface area contributed by atoms with Gasteiger partial charge in [0.15, 0.2) is 0 Å². The molecule has 10 aromatic rings. The van der Waals surface area contributed by atoms with E-state index in [2.05, 4.69) is 173 Å². The van der Waals surface area contributed by atoms with Crippen LogP contribution in [0.3, 0.4) is 0 Å². The van der Waals surface area contributed by atoms with Gasteiger partial charge in [0.2, 0.25) is 0 Å². The van der Waals surface area contributed by atoms with Crippen molar-refractivity contribution in [2.45, 2.75) is 0 Å². The van der Waals surface area contributed by atoms with E-state index in [0.717, 1.165) is 16.9 Å². The van der Waals surface area contributed by atoms with Crippen molar-refractivity contribution in [1.82, 2.24) is 9.55 Å². The van der Waals surface area contributed by atoms with Gasteiger partial charge in [-0.2, -0.15) is 0 Å². The number of fused-ring (bicyclic) bond motifs is 7. The van der Waals surface area contributed by atoms with Crippen LogP contribution in [0.2, 0.25) is 0 Å². The van der Waals surface area contributed by atoms with E-state index < -0.39 is 0 Å². The first-order valence-corrected chi connectivity index (χ1v) is 16.8. The Balaban J connectivity index is 1.22. The maximum Gasteiger partial charge on any atom is 0.0702 e. The molecule has 0 spiro atoms. The Bertz CT molecular complexity index is 2870. The van der Waals surface area contributed by atoms with Crippen LogP contribution in [0.1, 0.15) is 0 Å². The summed E-state index contributed by atoms with van der Waals surface area (Å²) in [6.45, 7) is 0. The second-order valence-electron chi connectivity index (χ2n) is 12.8. The first-order chi connectivity index (χ1) is 24.3. The lowest BCUT2D eigenvalue weighted by Crippen LogP contribution is -1.95. The quantitative estimate of drug-likeness (QED) is 0.191. The molecule has 0 amide bonds. The number of aromatic nitrogens is 2. The fourth-order valence-corrected chi connectivity index (χ4v) is 7.64. The molecule has 0 unspecified atom stereocenters. The highest BCUT2D eigenvalue weighted by molar-refractivity contribution is 6.19. The van der Waals surface area contributed by atoms with Gasteiger partial charge in [-0.05, 0) is 91.6 Å². The average molecular weight is 623 g/mol. The van der Waals surface area contributed by atoms with E-state index in [0.29, 0.717) is 0 Å². The molecule has 0 fully saturated rings. The molecule has 0 atom stereocenters. The van der Waals surface area contributed by atoms with Gasteiger partial charge in [0.05, 0.1) is 16.7 Å². The summed E-state index contributed by atoms with van der Waals surface area (Å²) in [7, 11) is 0. The summed E-state index contributed by atoms with van der Waals surface area (Å²) in [6, 6.07) is 63.9. The van der Waals surface area contributed by atoms with E-state index in [4.69, 9.17) is 0 Å². The molecule has 49 heavy (non-hydrogen) atoms. The molecule has 2 heterocycles. The Morgan fingerprint density at radius 1 is 0.367 bits per heavy atom. The van der Waals surface area contributed by atoms with Crippen LogP contribution < -0.4 is 0 Å². The Morgan fingerprint density at radius 3 is 2.00 bits per heavy atom. The molecule has 0 N–H and O–H groups in total. The lowest BCUT2D eigenvalue weighted by atomic mass is 9.95. The summed E-state index contributed by atoms with van der Waals surface area (Å²) in [5.41, 5.74) is 10.5. The molecule has 0 saturated heterocycles. The molecule has 2 aromatic heterocycles. The Kier molecular flexibility index (Phi) is 6.22. The zero-order valence-electron chi connectivity index (χ0n) is 26.7. The molecule has 0 saturated carbocycles. The standard InChI is InChI=1S/C47H30N2/c1-2-11-34-29-39(22-18-31(34)9-1)49-46-30-35(33-13-7-14-36(27-33)41-16-8-12-32-10-3-4-15-40(32)41)19-24-43(46)44-25-20-37-28-38(21-23-42(37)47(44)49)45-17-5-6-26-48-45/h1-30H. The summed E-state index contributed by atoms with van der Waals surface area (Å²) in [6.07, 6.45) is 1.86. The van der Waals surface area contributed by atoms with Crippen LogP contribution in [-0.4, -0.2) is 9.55 Å². The van der Waals surface area contributed by atoms with Crippen molar-refractivity contribution in [2.24, 2.45) is 0 Å². The van der Waals surface area contributed by atoms with Crippen LogP contribution in [-0.2, 0) is 0 Å². The maximum absolute atomic E-state index is 4.62. The molecule has 0 bridgehead atoms. The van der Waals surface area contributed by atoms with E-state index in [9.17, 15) is 0 Å². The van der Waals surface area contributed by atoms with Crippen molar-refractivity contribution < 1.29 is 0 Å². The zero-order valence-corrected chi connectivity index (χ0v) is 26.7. The predicted molar refractivity (Wildman–Crippen MR) is 207 cm³/mol. The molecular formula is C47H30N2. The van der Waals surface area contributed by atoms with Crippen LogP contribution in [0.4, 0.5) is 0 Å². The molecule has 228 valence electrons. The normalized spacial score (nSPS) is 11.7. The number of rotatable bonds is 4. The second kappa shape index (κ2) is 11.0. The van der Waals surface area contributed by atoms with Crippen LogP contribution in [0.5, 0.6) is 0 Å². The van der Waals surface area contributed by atoms with Crippen LogP contribution in [0, 0.1) is 0 Å². The Hall–Kier alpha value is -6.51. The van der Waals surface area contributed by atoms with E-state index in [1.807, 2.05) is 18.3 Å². The van der Waals surface area contributed by atoms with E-state index >= 15 is 0 Å². The van der Waals surface area contributed by atoms with E-state index in [-0.39, 0.29) is 0 Å². The summed E-state index contributed by atoms with van der Waals surface area (Å²) >= 11 is 0. The number of pyridine rings is 1. The minimum absolute atomic E-state index is 0.981. The van der Waals surface area contributed by atoms with Gasteiger partial charge in [-0.1, -0.05) is 133 Å². The highest BCUT2D eigenvalue weighted by Gasteiger charge is 2.17. The smallest absolute Gasteiger partial charge is 0.0702 e. The molecule has 8 aromatic carbocycles. The van der Waals surface area contributed by atoms with Crippen molar-refractivity contribution in [3.63, 3.8) is 0 Å². The molecule has 0 aliphatic heterocycles. The van der Waals surface area contributed by atoms with Gasteiger partial charge in [0.25, 0.3) is 0 Å². The van der Waals surface area contributed by atoms with Crippen molar-refractivity contribution >= 4 is 54.1 Å². The van der Waals surface area contributed by atoms with Crippen molar-refractivity contribution in [1.29, 1.82) is 0 Å². The Labute approximate surface area is 284 Å². The summed E-state index contributed by atoms with van der Waals surface area (Å²) in [4.78, 5) is 4.62. The predicted octanol–water partition coefficient (Wildman–Crippen LogP) is 12.6. The van der Waals surface area contributed by atoms with Gasteiger partial charge < -0.3 is 4.57 Å². The lowest BCUT2D eigenvalue weighted by molar-refractivity contribution is 1.19. The van der Waals surface area contributed by atoms with Gasteiger partial charge >= 0.3 is 0 Å². The minimum atomic E-state index is 0.981. The third-order valence-electron chi connectivity index (χ3n) is 9.99. The molecule has 0 aliphatic rings. The van der Waals surface area contributed by atoms with Gasteiger partial charge in [-0.25, -0.2) is 0 Å². The number of nitrogens with zero attached hydrogens (tertiary/aromatic N) is 2. The van der Waals surface area contributed by atoms with Crippen molar-refractivity contribution in [2.75, 3.05) is 0 Å². The summed E-state index contributed by atoms with van der Waals surface area (Å²) in [5.74, 6) is 0. The maximum atomic E-state index is 4.62. The fraction of sp³-hybridized carbons (Fsp3) is 0. The number of hydrogen-bond acceptors (Lipinski definition) is 1. The number of hydrogen-bond donors (Lipinski definition) is 0. The van der Waals surface area contributed by atoms with Gasteiger partial charge in [-0.3, -0.25) is 4.98 Å². The molecule has 10 rings (SSSR count). The zero-order chi connectivity index (χ0) is 32.3. The van der Waals surface area contributed by atoms with Gasteiger partial charge in [0, 0.05) is 33.6 Å². The lowest BCUT2D eigenvalue weighted by Gasteiger charge is -2.13. The fourth-order valence-electron chi connectivity index (χ4n) is 7.64. The van der Waals surface area contributed by atoms with Crippen molar-refractivity contribution in [3.05, 3.63) is 182 Å². The van der Waals surface area contributed by atoms with Crippen LogP contribution in [0.25, 0.3) is 93.3 Å². The minimum Gasteiger partial charge on any atom is -0.309 e. The summed E-state index contributed by atoms with van der Waals surface area (Å²) < 4.78 is 2.47. The summed E-state index contributed by atoms with van der Waals surface area (Å²) in [5, 5.41) is 9.90. The SMILES string of the molecule is c1ccc(-c2ccc3c(ccc4c5ccc(-c6cccc(-c7cccc8ccccc78)c6)cc5n(-c5ccc6ccccc6c5)c34)c2)nc1. The molecule has 0 aliphatic carbocycles. The largest absolute Gasteiger partial charge is 0.309 e. The average Bonchev–Trinajstić information content (AvgIpc) is 3.52. The third-order valence-corrected chi connectivity index (χ3v) is 9.99. The molecule has 0 radical (unpaired) electrons. The van der Waals surface area contributed by atoms with E-state index in [1.165, 1.54) is 76.4 Å². The molecule has 2 nitrogen and oxygen atoms in total. The first kappa shape index (κ1) is 27.6.